The number of rotatable bonds is 7. The van der Waals surface area contributed by atoms with E-state index in [9.17, 15) is 4.79 Å². The van der Waals surface area contributed by atoms with E-state index in [0.717, 1.165) is 37.9 Å². The molecule has 1 saturated heterocycles. The monoisotopic (exact) mass is 528 g/mol. The third kappa shape index (κ3) is 4.16. The smallest absolute Gasteiger partial charge is 0.274 e. The first-order chi connectivity index (χ1) is 19.1. The SMILES string of the molecule is COc1c(Oc2cnn3ccncc23)cnc2nc(Nc3cc(C4CC4)cn(C4CCCOC4)c3=O)n(C)c12. The molecule has 0 radical (unpaired) electrons. The molecule has 2 fully saturated rings. The number of pyridine rings is 2. The molecule has 1 atom stereocenters. The van der Waals surface area contributed by atoms with Gasteiger partial charge in [0.15, 0.2) is 22.9 Å². The van der Waals surface area contributed by atoms with E-state index in [1.54, 1.807) is 42.6 Å². The van der Waals surface area contributed by atoms with Gasteiger partial charge in [0.1, 0.15) is 16.7 Å². The predicted octanol–water partition coefficient (Wildman–Crippen LogP) is 3.95. The van der Waals surface area contributed by atoms with Gasteiger partial charge >= 0.3 is 0 Å². The zero-order chi connectivity index (χ0) is 26.5. The van der Waals surface area contributed by atoms with E-state index in [1.165, 1.54) is 0 Å². The molecule has 1 aliphatic carbocycles. The zero-order valence-electron chi connectivity index (χ0n) is 21.7. The summed E-state index contributed by atoms with van der Waals surface area (Å²) >= 11 is 0. The fourth-order valence-corrected chi connectivity index (χ4v) is 5.20. The van der Waals surface area contributed by atoms with Crippen molar-refractivity contribution in [1.29, 1.82) is 0 Å². The van der Waals surface area contributed by atoms with Crippen LogP contribution < -0.4 is 20.3 Å². The molecule has 5 aromatic heterocycles. The maximum atomic E-state index is 13.6. The maximum absolute atomic E-state index is 13.6. The second-order valence-electron chi connectivity index (χ2n) is 10.0. The summed E-state index contributed by atoms with van der Waals surface area (Å²) in [5, 5.41) is 7.59. The molecule has 1 aliphatic heterocycles. The summed E-state index contributed by atoms with van der Waals surface area (Å²) in [5.74, 6) is 2.36. The highest BCUT2D eigenvalue weighted by atomic mass is 16.5. The molecular weight excluding hydrogens is 500 g/mol. The lowest BCUT2D eigenvalue weighted by Gasteiger charge is -2.25. The number of nitrogens with one attached hydrogen (secondary N) is 1. The van der Waals surface area contributed by atoms with Gasteiger partial charge < -0.3 is 28.7 Å². The normalized spacial score (nSPS) is 17.5. The van der Waals surface area contributed by atoms with Crippen LogP contribution in [-0.4, -0.2) is 54.0 Å². The summed E-state index contributed by atoms with van der Waals surface area (Å²) in [6.07, 6.45) is 14.4. The fraction of sp³-hybridized carbons (Fsp3) is 0.370. The van der Waals surface area contributed by atoms with Crippen molar-refractivity contribution in [3.8, 4) is 17.2 Å². The summed E-state index contributed by atoms with van der Waals surface area (Å²) < 4.78 is 22.9. The molecule has 200 valence electrons. The molecule has 12 nitrogen and oxygen atoms in total. The quantitative estimate of drug-likeness (QED) is 0.335. The fourth-order valence-electron chi connectivity index (χ4n) is 5.20. The molecule has 6 heterocycles. The van der Waals surface area contributed by atoms with Crippen LogP contribution in [0.2, 0.25) is 0 Å². The first-order valence-electron chi connectivity index (χ1n) is 13.1. The van der Waals surface area contributed by atoms with Gasteiger partial charge in [-0.1, -0.05) is 0 Å². The van der Waals surface area contributed by atoms with Crippen LogP contribution in [0, 0.1) is 0 Å². The van der Waals surface area contributed by atoms with E-state index in [2.05, 4.69) is 25.4 Å². The van der Waals surface area contributed by atoms with Crippen LogP contribution in [-0.2, 0) is 11.8 Å². The van der Waals surface area contributed by atoms with Crippen LogP contribution in [0.3, 0.4) is 0 Å². The van der Waals surface area contributed by atoms with Gasteiger partial charge in [0, 0.05) is 32.2 Å². The van der Waals surface area contributed by atoms with Crippen LogP contribution in [0.5, 0.6) is 17.2 Å². The average Bonchev–Trinajstić information content (AvgIpc) is 3.67. The summed E-state index contributed by atoms with van der Waals surface area (Å²) in [4.78, 5) is 27.0. The molecule has 0 bridgehead atoms. The molecule has 1 N–H and O–H groups in total. The topological polar surface area (TPSA) is 123 Å². The number of fused-ring (bicyclic) bond motifs is 2. The number of imidazole rings is 1. The van der Waals surface area contributed by atoms with E-state index in [4.69, 9.17) is 14.2 Å². The number of nitrogens with zero attached hydrogens (tertiary/aromatic N) is 7. The Labute approximate surface area is 223 Å². The lowest BCUT2D eigenvalue weighted by atomic mass is 10.1. The summed E-state index contributed by atoms with van der Waals surface area (Å²) in [6, 6.07) is 1.99. The van der Waals surface area contributed by atoms with E-state index < -0.39 is 0 Å². The molecular formula is C27H28N8O4. The van der Waals surface area contributed by atoms with E-state index in [0.29, 0.717) is 58.1 Å². The number of aromatic nitrogens is 7. The Morgan fingerprint density at radius 3 is 2.85 bits per heavy atom. The van der Waals surface area contributed by atoms with Gasteiger partial charge in [-0.15, -0.1) is 0 Å². The van der Waals surface area contributed by atoms with Gasteiger partial charge in [0.05, 0.1) is 38.3 Å². The Balaban J connectivity index is 1.27. The third-order valence-electron chi connectivity index (χ3n) is 7.42. The van der Waals surface area contributed by atoms with Gasteiger partial charge in [-0.05, 0) is 43.2 Å². The van der Waals surface area contributed by atoms with Crippen molar-refractivity contribution in [2.24, 2.45) is 7.05 Å². The van der Waals surface area contributed by atoms with Crippen molar-refractivity contribution in [3.05, 3.63) is 59.2 Å². The number of hydrogen-bond acceptors (Lipinski definition) is 9. The molecule has 1 saturated carbocycles. The predicted molar refractivity (Wildman–Crippen MR) is 143 cm³/mol. The molecule has 0 aromatic carbocycles. The molecule has 12 heteroatoms. The number of anilines is 2. The minimum Gasteiger partial charge on any atom is -0.491 e. The molecule has 0 spiro atoms. The minimum absolute atomic E-state index is 0.0301. The molecule has 7 rings (SSSR count). The highest BCUT2D eigenvalue weighted by Gasteiger charge is 2.28. The van der Waals surface area contributed by atoms with Crippen molar-refractivity contribution in [2.75, 3.05) is 25.6 Å². The molecule has 1 unspecified atom stereocenters. The largest absolute Gasteiger partial charge is 0.491 e. The van der Waals surface area contributed by atoms with E-state index >= 15 is 0 Å². The molecule has 5 aromatic rings. The molecule has 0 amide bonds. The number of hydrogen-bond donors (Lipinski definition) is 1. The van der Waals surface area contributed by atoms with Crippen LogP contribution in [0.1, 0.15) is 43.2 Å². The summed E-state index contributed by atoms with van der Waals surface area (Å²) in [5.41, 5.74) is 3.36. The van der Waals surface area contributed by atoms with Gasteiger partial charge in [0.2, 0.25) is 5.95 Å². The minimum atomic E-state index is -0.0902. The van der Waals surface area contributed by atoms with Crippen LogP contribution in [0.15, 0.2) is 48.0 Å². The van der Waals surface area contributed by atoms with Crippen molar-refractivity contribution in [3.63, 3.8) is 0 Å². The van der Waals surface area contributed by atoms with Crippen molar-refractivity contribution < 1.29 is 14.2 Å². The van der Waals surface area contributed by atoms with E-state index in [1.807, 2.05) is 28.4 Å². The lowest BCUT2D eigenvalue weighted by molar-refractivity contribution is 0.0580. The number of methoxy groups -OCH3 is 1. The van der Waals surface area contributed by atoms with Crippen LogP contribution in [0.4, 0.5) is 11.6 Å². The van der Waals surface area contributed by atoms with Gasteiger partial charge in [-0.2, -0.15) is 10.1 Å². The second-order valence-corrected chi connectivity index (χ2v) is 10.0. The highest BCUT2D eigenvalue weighted by Crippen LogP contribution is 2.41. The van der Waals surface area contributed by atoms with E-state index in [-0.39, 0.29) is 11.6 Å². The second kappa shape index (κ2) is 9.38. The Morgan fingerprint density at radius 2 is 2.05 bits per heavy atom. The standard InChI is InChI=1S/C27H28N8O4/c1-33-23-24(37-2)22(39-21-13-30-35-8-7-28-11-20(21)35)12-29-25(23)32-27(33)31-19-10-17(16-5-6-16)14-34(26(19)36)18-4-3-9-38-15-18/h7-8,10-14,16,18H,3-6,9,15H2,1-2H3,(H,29,31,32). The first kappa shape index (κ1) is 23.7. The van der Waals surface area contributed by atoms with Crippen molar-refractivity contribution >= 4 is 28.3 Å². The third-order valence-corrected chi connectivity index (χ3v) is 7.42. The van der Waals surface area contributed by atoms with Crippen LogP contribution in [0.25, 0.3) is 16.7 Å². The zero-order valence-corrected chi connectivity index (χ0v) is 21.7. The molecule has 39 heavy (non-hydrogen) atoms. The Kier molecular flexibility index (Phi) is 5.69. The number of aryl methyl sites for hydroxylation is 1. The Bertz CT molecular complexity index is 1750. The van der Waals surface area contributed by atoms with Gasteiger partial charge in [0.25, 0.3) is 5.56 Å². The summed E-state index contributed by atoms with van der Waals surface area (Å²) in [6.45, 7) is 1.29. The summed E-state index contributed by atoms with van der Waals surface area (Å²) in [7, 11) is 3.42. The Morgan fingerprint density at radius 1 is 1.15 bits per heavy atom. The van der Waals surface area contributed by atoms with Crippen molar-refractivity contribution in [1.82, 2.24) is 33.7 Å². The van der Waals surface area contributed by atoms with Gasteiger partial charge in [-0.25, -0.2) is 9.50 Å². The average molecular weight is 529 g/mol. The molecule has 2 aliphatic rings. The van der Waals surface area contributed by atoms with Gasteiger partial charge in [-0.3, -0.25) is 9.78 Å². The lowest BCUT2D eigenvalue weighted by Crippen LogP contribution is -2.31. The van der Waals surface area contributed by atoms with Crippen molar-refractivity contribution in [2.45, 2.75) is 37.6 Å². The highest BCUT2D eigenvalue weighted by molar-refractivity contribution is 5.85. The maximum Gasteiger partial charge on any atom is 0.274 e. The number of ether oxygens (including phenoxy) is 3. The van der Waals surface area contributed by atoms with Crippen LogP contribution >= 0.6 is 0 Å². The Hall–Kier alpha value is -4.45. The first-order valence-corrected chi connectivity index (χ1v) is 13.1.